The summed E-state index contributed by atoms with van der Waals surface area (Å²) in [6, 6.07) is 6.22. The number of amides is 2. The van der Waals surface area contributed by atoms with E-state index in [1.54, 1.807) is 0 Å². The van der Waals surface area contributed by atoms with E-state index in [4.69, 9.17) is 0 Å². The number of carbonyl (C=O) groups is 2. The molecule has 1 aromatic rings. The molecule has 0 spiro atoms. The molecule has 2 amide bonds. The molecule has 0 radical (unpaired) electrons. The summed E-state index contributed by atoms with van der Waals surface area (Å²) < 4.78 is 0. The highest BCUT2D eigenvalue weighted by Gasteiger charge is 2.32. The number of nitrogens with one attached hydrogen (secondary N) is 2. The molecule has 2 aliphatic rings. The average Bonchev–Trinajstić information content (AvgIpc) is 3.13. The highest BCUT2D eigenvalue weighted by atomic mass is 32.2. The van der Waals surface area contributed by atoms with Gasteiger partial charge in [-0.05, 0) is 38.3 Å². The standard InChI is InChI=1S/C18H23N3O2S/c1-11-7-8-14(12(2)9-11)20-16(22)10-15-17(23)21-18(24-15)19-13-5-3-4-6-13/h7-9,13,15H,3-6,10H2,1-2H3,(H,20,22)(H,19,21,23)/t15-/m1/s1. The Morgan fingerprint density at radius 2 is 2.08 bits per heavy atom. The SMILES string of the molecule is Cc1ccc(NC(=O)C[C@H]2SC(=NC3CCCC3)NC2=O)c(C)c1. The van der Waals surface area contributed by atoms with Gasteiger partial charge in [-0.2, -0.15) is 0 Å². The van der Waals surface area contributed by atoms with Crippen LogP contribution in [0.2, 0.25) is 0 Å². The first-order valence-electron chi connectivity index (χ1n) is 8.43. The Hall–Kier alpha value is -1.82. The van der Waals surface area contributed by atoms with Gasteiger partial charge < -0.3 is 10.6 Å². The summed E-state index contributed by atoms with van der Waals surface area (Å²) in [5, 5.41) is 6.00. The molecule has 6 heteroatoms. The third-order valence-corrected chi connectivity index (χ3v) is 5.52. The van der Waals surface area contributed by atoms with Gasteiger partial charge in [-0.15, -0.1) is 0 Å². The Bertz CT molecular complexity index is 681. The number of nitrogens with zero attached hydrogens (tertiary/aromatic N) is 1. The fourth-order valence-electron chi connectivity index (χ4n) is 3.12. The lowest BCUT2D eigenvalue weighted by Crippen LogP contribution is -2.28. The number of aryl methyl sites for hydroxylation is 2. The molecule has 2 N–H and O–H groups in total. The zero-order chi connectivity index (χ0) is 17.1. The maximum Gasteiger partial charge on any atom is 0.240 e. The maximum atomic E-state index is 12.3. The Kier molecular flexibility index (Phi) is 5.23. The van der Waals surface area contributed by atoms with Crippen LogP contribution in [-0.2, 0) is 9.59 Å². The summed E-state index contributed by atoms with van der Waals surface area (Å²) in [5.41, 5.74) is 2.98. The molecule has 24 heavy (non-hydrogen) atoms. The number of rotatable bonds is 4. The minimum atomic E-state index is -0.393. The first-order chi connectivity index (χ1) is 11.5. The second-order valence-electron chi connectivity index (χ2n) is 6.54. The van der Waals surface area contributed by atoms with Gasteiger partial charge in [-0.1, -0.05) is 42.3 Å². The van der Waals surface area contributed by atoms with Gasteiger partial charge in [0, 0.05) is 12.1 Å². The van der Waals surface area contributed by atoms with Crippen LogP contribution < -0.4 is 10.6 Å². The van der Waals surface area contributed by atoms with Gasteiger partial charge in [0.1, 0.15) is 5.25 Å². The van der Waals surface area contributed by atoms with Gasteiger partial charge in [0.2, 0.25) is 11.8 Å². The van der Waals surface area contributed by atoms with Crippen molar-refractivity contribution >= 4 is 34.4 Å². The third kappa shape index (κ3) is 4.17. The fraction of sp³-hybridized carbons (Fsp3) is 0.500. The highest BCUT2D eigenvalue weighted by molar-refractivity contribution is 8.15. The molecule has 0 aromatic heterocycles. The fourth-order valence-corrected chi connectivity index (χ4v) is 4.16. The van der Waals surface area contributed by atoms with Crippen molar-refractivity contribution in [2.45, 2.75) is 57.2 Å². The van der Waals surface area contributed by atoms with Gasteiger partial charge in [-0.3, -0.25) is 14.6 Å². The van der Waals surface area contributed by atoms with Crippen molar-refractivity contribution in [2.24, 2.45) is 4.99 Å². The maximum absolute atomic E-state index is 12.3. The molecule has 0 unspecified atom stereocenters. The van der Waals surface area contributed by atoms with Crippen molar-refractivity contribution in [1.82, 2.24) is 5.32 Å². The molecule has 1 saturated heterocycles. The van der Waals surface area contributed by atoms with E-state index < -0.39 is 5.25 Å². The van der Waals surface area contributed by atoms with Crippen LogP contribution >= 0.6 is 11.8 Å². The summed E-state index contributed by atoms with van der Waals surface area (Å²) in [5.74, 6) is -0.260. The zero-order valence-electron chi connectivity index (χ0n) is 14.1. The van der Waals surface area contributed by atoms with E-state index in [1.165, 1.54) is 24.6 Å². The molecule has 3 rings (SSSR count). The summed E-state index contributed by atoms with van der Waals surface area (Å²) in [4.78, 5) is 28.9. The molecule has 1 heterocycles. The number of carbonyl (C=O) groups excluding carboxylic acids is 2. The molecule has 1 aliphatic carbocycles. The molecule has 1 saturated carbocycles. The number of anilines is 1. The van der Waals surface area contributed by atoms with Crippen LogP contribution in [0.4, 0.5) is 5.69 Å². The highest BCUT2D eigenvalue weighted by Crippen LogP contribution is 2.27. The molecule has 5 nitrogen and oxygen atoms in total. The van der Waals surface area contributed by atoms with Crippen molar-refractivity contribution in [3.63, 3.8) is 0 Å². The van der Waals surface area contributed by atoms with Crippen molar-refractivity contribution in [2.75, 3.05) is 5.32 Å². The van der Waals surface area contributed by atoms with Gasteiger partial charge in [0.25, 0.3) is 0 Å². The van der Waals surface area contributed by atoms with Gasteiger partial charge >= 0.3 is 0 Å². The number of benzene rings is 1. The lowest BCUT2D eigenvalue weighted by molar-refractivity contribution is -0.122. The van der Waals surface area contributed by atoms with E-state index in [0.29, 0.717) is 11.2 Å². The summed E-state index contributed by atoms with van der Waals surface area (Å²) in [6.07, 6.45) is 4.77. The summed E-state index contributed by atoms with van der Waals surface area (Å²) in [7, 11) is 0. The van der Waals surface area contributed by atoms with Crippen molar-refractivity contribution in [3.8, 4) is 0 Å². The second-order valence-corrected chi connectivity index (χ2v) is 7.73. The van der Waals surface area contributed by atoms with Gasteiger partial charge in [-0.25, -0.2) is 0 Å². The predicted molar refractivity (Wildman–Crippen MR) is 98.4 cm³/mol. The molecule has 128 valence electrons. The quantitative estimate of drug-likeness (QED) is 0.880. The molecule has 0 bridgehead atoms. The van der Waals surface area contributed by atoms with Crippen molar-refractivity contribution < 1.29 is 9.59 Å². The van der Waals surface area contributed by atoms with E-state index in [1.807, 2.05) is 32.0 Å². The van der Waals surface area contributed by atoms with Gasteiger partial charge in [0.05, 0.1) is 6.04 Å². The van der Waals surface area contributed by atoms with E-state index in [-0.39, 0.29) is 18.2 Å². The molecular weight excluding hydrogens is 322 g/mol. The number of aliphatic imine (C=N–C) groups is 1. The summed E-state index contributed by atoms with van der Waals surface area (Å²) in [6.45, 7) is 3.98. The number of hydrogen-bond donors (Lipinski definition) is 2. The van der Waals surface area contributed by atoms with E-state index in [0.717, 1.165) is 29.7 Å². The molecule has 1 aliphatic heterocycles. The van der Waals surface area contributed by atoms with Crippen LogP contribution in [0.3, 0.4) is 0 Å². The van der Waals surface area contributed by atoms with Crippen LogP contribution in [0.1, 0.15) is 43.2 Å². The summed E-state index contributed by atoms with van der Waals surface area (Å²) >= 11 is 1.38. The topological polar surface area (TPSA) is 70.6 Å². The Morgan fingerprint density at radius 1 is 1.33 bits per heavy atom. The van der Waals surface area contributed by atoms with Crippen molar-refractivity contribution in [3.05, 3.63) is 29.3 Å². The molecule has 1 atom stereocenters. The van der Waals surface area contributed by atoms with E-state index in [2.05, 4.69) is 15.6 Å². The lowest BCUT2D eigenvalue weighted by Gasteiger charge is -2.10. The monoisotopic (exact) mass is 345 g/mol. The molecule has 1 aromatic carbocycles. The number of thioether (sulfide) groups is 1. The Balaban J connectivity index is 1.57. The zero-order valence-corrected chi connectivity index (χ0v) is 14.9. The number of hydrogen-bond acceptors (Lipinski definition) is 4. The number of amidine groups is 1. The predicted octanol–water partition coefficient (Wildman–Crippen LogP) is 3.16. The third-order valence-electron chi connectivity index (χ3n) is 4.43. The lowest BCUT2D eigenvalue weighted by atomic mass is 10.1. The van der Waals surface area contributed by atoms with Crippen molar-refractivity contribution in [1.29, 1.82) is 0 Å². The smallest absolute Gasteiger partial charge is 0.240 e. The second kappa shape index (κ2) is 7.38. The van der Waals surface area contributed by atoms with Crippen LogP contribution in [-0.4, -0.2) is 28.3 Å². The van der Waals surface area contributed by atoms with Crippen LogP contribution in [0.5, 0.6) is 0 Å². The Morgan fingerprint density at radius 3 is 2.79 bits per heavy atom. The van der Waals surface area contributed by atoms with Gasteiger partial charge in [0.15, 0.2) is 5.17 Å². The first kappa shape index (κ1) is 17.0. The Labute approximate surface area is 146 Å². The molecular formula is C18H23N3O2S. The first-order valence-corrected chi connectivity index (χ1v) is 9.31. The minimum Gasteiger partial charge on any atom is -0.326 e. The van der Waals surface area contributed by atoms with Crippen LogP contribution in [0.25, 0.3) is 0 Å². The minimum absolute atomic E-state index is 0.118. The van der Waals surface area contributed by atoms with E-state index in [9.17, 15) is 9.59 Å². The van der Waals surface area contributed by atoms with Crippen LogP contribution in [0, 0.1) is 13.8 Å². The molecule has 2 fully saturated rings. The largest absolute Gasteiger partial charge is 0.326 e. The van der Waals surface area contributed by atoms with Crippen LogP contribution in [0.15, 0.2) is 23.2 Å². The average molecular weight is 345 g/mol. The van der Waals surface area contributed by atoms with E-state index >= 15 is 0 Å². The normalized spacial score (nSPS) is 22.8.